The van der Waals surface area contributed by atoms with E-state index < -0.39 is 0 Å². The van der Waals surface area contributed by atoms with Gasteiger partial charge in [0.05, 0.1) is 0 Å². The first-order chi connectivity index (χ1) is 8.11. The Kier molecular flexibility index (Phi) is 4.63. The molecule has 17 heavy (non-hydrogen) atoms. The van der Waals surface area contributed by atoms with Crippen LogP contribution in [0.15, 0.2) is 60.9 Å². The molecule has 0 heterocycles. The minimum Gasteiger partial charge on any atom is -0.508 e. The monoisotopic (exact) mass is 230 g/mol. The smallest absolute Gasteiger partial charge is 0.119 e. The molecule has 0 atom stereocenters. The number of phenolic OH excluding ortho intramolecular Hbond substituents is 2. The summed E-state index contributed by atoms with van der Waals surface area (Å²) in [7, 11) is 0. The lowest BCUT2D eigenvalue weighted by Crippen LogP contribution is -1.72. The Hall–Kier alpha value is -2.42. The molecule has 0 amide bonds. The van der Waals surface area contributed by atoms with E-state index in [0.717, 1.165) is 0 Å². The highest BCUT2D eigenvalue weighted by Gasteiger charge is 1.94. The molecule has 0 aromatic heterocycles. The van der Waals surface area contributed by atoms with Gasteiger partial charge in [0.25, 0.3) is 0 Å². The molecule has 0 fully saturated rings. The van der Waals surface area contributed by atoms with Gasteiger partial charge in [-0.3, -0.25) is 0 Å². The fourth-order valence-corrected chi connectivity index (χ4v) is 1.17. The summed E-state index contributed by atoms with van der Waals surface area (Å²) in [5.74, 6) is 0.111. The number of benzene rings is 1. The van der Waals surface area contributed by atoms with Crippen LogP contribution in [0.4, 0.5) is 0 Å². The summed E-state index contributed by atoms with van der Waals surface area (Å²) in [5.41, 5.74) is 0.684. The molecule has 0 saturated carbocycles. The summed E-state index contributed by atoms with van der Waals surface area (Å²) in [4.78, 5) is 0. The number of allylic oxidation sites excluding steroid dienone is 5. The summed E-state index contributed by atoms with van der Waals surface area (Å²) in [6, 6.07) is 4.32. The maximum atomic E-state index is 9.24. The van der Waals surface area contributed by atoms with E-state index in [0.29, 0.717) is 5.56 Å². The standard InChI is InChI=1S/C14H14O3/c1-2-12(15)7-5-3-4-6-11-8-13(16)10-14(17)9-11/h2-10,15-17H,1H2/b5-3+,6-4+,12-7+. The third kappa shape index (κ3) is 4.75. The van der Waals surface area contributed by atoms with Gasteiger partial charge in [-0.05, 0) is 29.8 Å². The van der Waals surface area contributed by atoms with Gasteiger partial charge in [-0.1, -0.05) is 30.9 Å². The first-order valence-electron chi connectivity index (χ1n) is 5.01. The Morgan fingerprint density at radius 2 is 1.65 bits per heavy atom. The van der Waals surface area contributed by atoms with Crippen molar-refractivity contribution < 1.29 is 15.3 Å². The van der Waals surface area contributed by atoms with E-state index in [1.54, 1.807) is 24.3 Å². The SMILES string of the molecule is C=C\C(O)=C/C=C/C=C/c1cc(O)cc(O)c1. The van der Waals surface area contributed by atoms with Crippen LogP contribution >= 0.6 is 0 Å². The molecule has 0 aliphatic carbocycles. The first kappa shape index (κ1) is 12.6. The third-order valence-corrected chi connectivity index (χ3v) is 1.91. The average molecular weight is 230 g/mol. The van der Waals surface area contributed by atoms with Crippen molar-refractivity contribution in [2.45, 2.75) is 0 Å². The Balaban J connectivity index is 2.68. The van der Waals surface area contributed by atoms with E-state index in [4.69, 9.17) is 5.11 Å². The van der Waals surface area contributed by atoms with Crippen molar-refractivity contribution in [1.29, 1.82) is 0 Å². The molecule has 0 aliphatic rings. The molecule has 0 spiro atoms. The molecule has 0 bridgehead atoms. The highest BCUT2D eigenvalue weighted by molar-refractivity contribution is 5.56. The van der Waals surface area contributed by atoms with E-state index in [2.05, 4.69) is 6.58 Å². The molecule has 1 aromatic carbocycles. The van der Waals surface area contributed by atoms with Gasteiger partial charge in [-0.2, -0.15) is 0 Å². The van der Waals surface area contributed by atoms with E-state index in [-0.39, 0.29) is 17.3 Å². The van der Waals surface area contributed by atoms with Crippen molar-refractivity contribution in [3.05, 3.63) is 66.5 Å². The second-order valence-electron chi connectivity index (χ2n) is 3.32. The van der Waals surface area contributed by atoms with E-state index in [1.165, 1.54) is 30.4 Å². The number of phenols is 2. The van der Waals surface area contributed by atoms with Crippen LogP contribution in [0, 0.1) is 0 Å². The highest BCUT2D eigenvalue weighted by atomic mass is 16.3. The lowest BCUT2D eigenvalue weighted by Gasteiger charge is -1.96. The fraction of sp³-hybridized carbons (Fsp3) is 0. The number of hydrogen-bond donors (Lipinski definition) is 3. The molecule has 3 N–H and O–H groups in total. The van der Waals surface area contributed by atoms with Crippen LogP contribution in [0.5, 0.6) is 11.5 Å². The number of rotatable bonds is 4. The quantitative estimate of drug-likeness (QED) is 0.549. The maximum Gasteiger partial charge on any atom is 0.119 e. The first-order valence-corrected chi connectivity index (χ1v) is 5.01. The summed E-state index contributed by atoms with van der Waals surface area (Å²) < 4.78 is 0. The topological polar surface area (TPSA) is 60.7 Å². The van der Waals surface area contributed by atoms with Crippen molar-refractivity contribution in [3.8, 4) is 11.5 Å². The van der Waals surface area contributed by atoms with Crippen molar-refractivity contribution in [1.82, 2.24) is 0 Å². The molecule has 1 aromatic rings. The molecule has 1 rings (SSSR count). The Bertz CT molecular complexity index is 462. The van der Waals surface area contributed by atoms with E-state index in [9.17, 15) is 10.2 Å². The van der Waals surface area contributed by atoms with Crippen LogP contribution in [-0.4, -0.2) is 15.3 Å². The van der Waals surface area contributed by atoms with Crippen LogP contribution < -0.4 is 0 Å². The summed E-state index contributed by atoms with van der Waals surface area (Å²) in [6.45, 7) is 3.40. The zero-order chi connectivity index (χ0) is 12.7. The molecule has 0 saturated heterocycles. The molecule has 0 aliphatic heterocycles. The minimum absolute atomic E-state index is 0.0119. The van der Waals surface area contributed by atoms with Gasteiger partial charge in [0.2, 0.25) is 0 Å². The molecular formula is C14H14O3. The second-order valence-corrected chi connectivity index (χ2v) is 3.32. The largest absolute Gasteiger partial charge is 0.508 e. The number of aromatic hydroxyl groups is 2. The summed E-state index contributed by atoms with van der Waals surface area (Å²) in [6.07, 6.45) is 9.63. The van der Waals surface area contributed by atoms with Crippen LogP contribution in [0.25, 0.3) is 6.08 Å². The molecule has 3 heteroatoms. The Morgan fingerprint density at radius 3 is 2.24 bits per heavy atom. The zero-order valence-electron chi connectivity index (χ0n) is 9.24. The molecule has 88 valence electrons. The summed E-state index contributed by atoms with van der Waals surface area (Å²) in [5, 5.41) is 27.5. The molecular weight excluding hydrogens is 216 g/mol. The van der Waals surface area contributed by atoms with Gasteiger partial charge in [-0.15, -0.1) is 0 Å². The lowest BCUT2D eigenvalue weighted by atomic mass is 10.2. The van der Waals surface area contributed by atoms with Crippen molar-refractivity contribution in [2.75, 3.05) is 0 Å². The van der Waals surface area contributed by atoms with Crippen molar-refractivity contribution >= 4 is 6.08 Å². The molecule has 3 nitrogen and oxygen atoms in total. The van der Waals surface area contributed by atoms with Crippen molar-refractivity contribution in [3.63, 3.8) is 0 Å². The van der Waals surface area contributed by atoms with Gasteiger partial charge in [0, 0.05) is 6.07 Å². The van der Waals surface area contributed by atoms with Gasteiger partial charge in [-0.25, -0.2) is 0 Å². The predicted octanol–water partition coefficient (Wildman–Crippen LogP) is 3.30. The third-order valence-electron chi connectivity index (χ3n) is 1.91. The summed E-state index contributed by atoms with van der Waals surface area (Å²) >= 11 is 0. The van der Waals surface area contributed by atoms with E-state index >= 15 is 0 Å². The predicted molar refractivity (Wildman–Crippen MR) is 68.9 cm³/mol. The van der Waals surface area contributed by atoms with Gasteiger partial charge >= 0.3 is 0 Å². The number of aliphatic hydroxyl groups excluding tert-OH is 1. The Morgan fingerprint density at radius 1 is 1.00 bits per heavy atom. The van der Waals surface area contributed by atoms with Crippen molar-refractivity contribution in [2.24, 2.45) is 0 Å². The lowest BCUT2D eigenvalue weighted by molar-refractivity contribution is 0.433. The zero-order valence-corrected chi connectivity index (χ0v) is 9.24. The highest BCUT2D eigenvalue weighted by Crippen LogP contribution is 2.21. The maximum absolute atomic E-state index is 9.24. The van der Waals surface area contributed by atoms with Gasteiger partial charge < -0.3 is 15.3 Å². The normalized spacial score (nSPS) is 12.4. The minimum atomic E-state index is 0.0119. The second kappa shape index (κ2) is 6.23. The van der Waals surface area contributed by atoms with Gasteiger partial charge in [0.15, 0.2) is 0 Å². The number of aliphatic hydroxyl groups is 1. The average Bonchev–Trinajstić information content (AvgIpc) is 2.27. The van der Waals surface area contributed by atoms with Crippen LogP contribution in [0.2, 0.25) is 0 Å². The fourth-order valence-electron chi connectivity index (χ4n) is 1.17. The Labute approximate surface area is 100.0 Å². The molecule has 0 radical (unpaired) electrons. The van der Waals surface area contributed by atoms with E-state index in [1.807, 2.05) is 0 Å². The molecule has 0 unspecified atom stereocenters. The van der Waals surface area contributed by atoms with Crippen LogP contribution in [0.1, 0.15) is 5.56 Å². The van der Waals surface area contributed by atoms with Gasteiger partial charge in [0.1, 0.15) is 17.3 Å². The van der Waals surface area contributed by atoms with Crippen LogP contribution in [0.3, 0.4) is 0 Å². The van der Waals surface area contributed by atoms with Crippen LogP contribution in [-0.2, 0) is 0 Å². The number of hydrogen-bond acceptors (Lipinski definition) is 3.